The fourth-order valence-corrected chi connectivity index (χ4v) is 5.89. The summed E-state index contributed by atoms with van der Waals surface area (Å²) >= 11 is 8.55. The van der Waals surface area contributed by atoms with Crippen molar-refractivity contribution in [3.8, 4) is 0 Å². The van der Waals surface area contributed by atoms with Gasteiger partial charge in [0, 0.05) is 16.3 Å². The summed E-state index contributed by atoms with van der Waals surface area (Å²) in [5.41, 5.74) is 2.90. The fourth-order valence-electron chi connectivity index (χ4n) is 3.94. The molecule has 37 heavy (non-hydrogen) atoms. The van der Waals surface area contributed by atoms with Crippen LogP contribution in [0.4, 0.5) is 9.52 Å². The molecule has 186 valence electrons. The van der Waals surface area contributed by atoms with Crippen LogP contribution in [0.1, 0.15) is 28.3 Å². The van der Waals surface area contributed by atoms with Crippen LogP contribution in [0.3, 0.4) is 0 Å². The zero-order valence-electron chi connectivity index (χ0n) is 19.4. The van der Waals surface area contributed by atoms with E-state index in [1.807, 2.05) is 31.2 Å². The van der Waals surface area contributed by atoms with E-state index in [1.165, 1.54) is 40.1 Å². The zero-order valence-corrected chi connectivity index (χ0v) is 21.8. The Hall–Kier alpha value is -3.53. The lowest BCUT2D eigenvalue weighted by atomic mass is 9.95. The van der Waals surface area contributed by atoms with Gasteiger partial charge in [0.1, 0.15) is 11.6 Å². The van der Waals surface area contributed by atoms with E-state index < -0.39 is 17.7 Å². The van der Waals surface area contributed by atoms with Gasteiger partial charge < -0.3 is 5.11 Å². The van der Waals surface area contributed by atoms with Gasteiger partial charge >= 0.3 is 5.91 Å². The van der Waals surface area contributed by atoms with Gasteiger partial charge in [-0.1, -0.05) is 76.7 Å². The molecule has 0 bridgehead atoms. The Morgan fingerprint density at radius 2 is 1.70 bits per heavy atom. The van der Waals surface area contributed by atoms with E-state index in [0.29, 0.717) is 26.2 Å². The van der Waals surface area contributed by atoms with Gasteiger partial charge in [-0.25, -0.2) is 4.39 Å². The lowest BCUT2D eigenvalue weighted by Gasteiger charge is -2.22. The monoisotopic (exact) mass is 551 g/mol. The van der Waals surface area contributed by atoms with Crippen LogP contribution in [0.5, 0.6) is 0 Å². The van der Waals surface area contributed by atoms with E-state index in [-0.39, 0.29) is 22.3 Å². The van der Waals surface area contributed by atoms with Crippen molar-refractivity contribution >= 4 is 57.3 Å². The number of aliphatic hydroxyl groups is 1. The Kier molecular flexibility index (Phi) is 7.10. The van der Waals surface area contributed by atoms with Gasteiger partial charge in [-0.05, 0) is 54.4 Å². The van der Waals surface area contributed by atoms with Crippen molar-refractivity contribution in [3.63, 3.8) is 0 Å². The van der Waals surface area contributed by atoms with Crippen LogP contribution >= 0.6 is 34.7 Å². The van der Waals surface area contributed by atoms with Crippen LogP contribution in [0.2, 0.25) is 5.02 Å². The lowest BCUT2D eigenvalue weighted by Crippen LogP contribution is -2.29. The summed E-state index contributed by atoms with van der Waals surface area (Å²) in [6.45, 7) is 1.93. The molecule has 0 saturated carbocycles. The van der Waals surface area contributed by atoms with E-state index in [1.54, 1.807) is 36.4 Å². The third-order valence-corrected chi connectivity index (χ3v) is 8.21. The Morgan fingerprint density at radius 1 is 1.03 bits per heavy atom. The first kappa shape index (κ1) is 25.1. The molecule has 3 aromatic carbocycles. The number of hydrogen-bond donors (Lipinski definition) is 1. The molecule has 1 aromatic heterocycles. The smallest absolute Gasteiger partial charge is 0.301 e. The molecular formula is C27H19ClFN3O3S2. The van der Waals surface area contributed by atoms with E-state index in [4.69, 9.17) is 11.6 Å². The number of aromatic nitrogens is 2. The minimum atomic E-state index is -0.890. The van der Waals surface area contributed by atoms with Crippen molar-refractivity contribution < 1.29 is 19.1 Å². The van der Waals surface area contributed by atoms with Crippen molar-refractivity contribution in [2.75, 3.05) is 4.90 Å². The molecule has 10 heteroatoms. The number of benzene rings is 3. The fraction of sp³-hybridized carbons (Fsp3) is 0.111. The highest BCUT2D eigenvalue weighted by molar-refractivity contribution is 8.00. The second kappa shape index (κ2) is 10.5. The highest BCUT2D eigenvalue weighted by atomic mass is 35.5. The predicted octanol–water partition coefficient (Wildman–Crippen LogP) is 6.56. The number of aryl methyl sites for hydroxylation is 1. The molecule has 1 amide bonds. The minimum Gasteiger partial charge on any atom is -0.507 e. The number of thioether (sulfide) groups is 1. The SMILES string of the molecule is Cc1ccc(C2/C(=C(/O)c3ccc(Cl)cc3)C(=O)C(=O)N2c2nnc(SCc3ccc(F)cc3)s2)cc1. The molecular weight excluding hydrogens is 533 g/mol. The maximum absolute atomic E-state index is 13.3. The van der Waals surface area contributed by atoms with Crippen molar-refractivity contribution in [2.45, 2.75) is 23.1 Å². The summed E-state index contributed by atoms with van der Waals surface area (Å²) in [5, 5.41) is 20.3. The third kappa shape index (κ3) is 5.16. The van der Waals surface area contributed by atoms with Crippen LogP contribution in [-0.2, 0) is 15.3 Å². The molecule has 1 N–H and O–H groups in total. The van der Waals surface area contributed by atoms with Gasteiger partial charge in [0.2, 0.25) is 5.13 Å². The number of carbonyl (C=O) groups excluding carboxylic acids is 2. The Bertz CT molecular complexity index is 1500. The normalized spacial score (nSPS) is 16.9. The molecule has 0 radical (unpaired) electrons. The summed E-state index contributed by atoms with van der Waals surface area (Å²) in [4.78, 5) is 27.8. The molecule has 2 heterocycles. The molecule has 0 spiro atoms. The second-order valence-electron chi connectivity index (χ2n) is 8.35. The number of Topliss-reactive ketones (excluding diaryl/α,β-unsaturated/α-hetero) is 1. The van der Waals surface area contributed by atoms with Gasteiger partial charge in [0.05, 0.1) is 11.6 Å². The van der Waals surface area contributed by atoms with Gasteiger partial charge in [-0.3, -0.25) is 14.5 Å². The molecule has 1 aliphatic rings. The van der Waals surface area contributed by atoms with Crippen molar-refractivity contribution in [1.29, 1.82) is 0 Å². The Morgan fingerprint density at radius 3 is 2.38 bits per heavy atom. The maximum atomic E-state index is 13.3. The topological polar surface area (TPSA) is 83.4 Å². The molecule has 1 fully saturated rings. The highest BCUT2D eigenvalue weighted by Gasteiger charge is 2.48. The maximum Gasteiger partial charge on any atom is 0.301 e. The number of hydrogen-bond acceptors (Lipinski definition) is 7. The van der Waals surface area contributed by atoms with Crippen molar-refractivity contribution in [2.24, 2.45) is 0 Å². The first-order valence-electron chi connectivity index (χ1n) is 11.2. The number of nitrogens with zero attached hydrogens (tertiary/aromatic N) is 3. The number of aliphatic hydroxyl groups excluding tert-OH is 1. The molecule has 4 aromatic rings. The summed E-state index contributed by atoms with van der Waals surface area (Å²) in [7, 11) is 0. The Labute approximate surface area is 225 Å². The zero-order chi connectivity index (χ0) is 26.1. The average molecular weight is 552 g/mol. The van der Waals surface area contributed by atoms with Crippen molar-refractivity contribution in [1.82, 2.24) is 10.2 Å². The molecule has 0 aliphatic carbocycles. The quantitative estimate of drug-likeness (QED) is 0.0960. The number of amides is 1. The number of ketones is 1. The van der Waals surface area contributed by atoms with Crippen LogP contribution < -0.4 is 4.90 Å². The van der Waals surface area contributed by atoms with E-state index >= 15 is 0 Å². The summed E-state index contributed by atoms with van der Waals surface area (Å²) in [6, 6.07) is 19.0. The van der Waals surface area contributed by atoms with Crippen LogP contribution in [0, 0.1) is 12.7 Å². The first-order chi connectivity index (χ1) is 17.8. The number of rotatable bonds is 6. The third-order valence-electron chi connectivity index (χ3n) is 5.83. The molecule has 1 saturated heterocycles. The van der Waals surface area contributed by atoms with Gasteiger partial charge in [0.15, 0.2) is 4.34 Å². The molecule has 1 atom stereocenters. The Balaban J connectivity index is 1.53. The van der Waals surface area contributed by atoms with E-state index in [2.05, 4.69) is 10.2 Å². The predicted molar refractivity (Wildman–Crippen MR) is 143 cm³/mol. The van der Waals surface area contributed by atoms with Gasteiger partial charge in [-0.2, -0.15) is 0 Å². The summed E-state index contributed by atoms with van der Waals surface area (Å²) < 4.78 is 13.8. The largest absolute Gasteiger partial charge is 0.507 e. The molecule has 1 aliphatic heterocycles. The van der Waals surface area contributed by atoms with Crippen molar-refractivity contribution in [3.05, 3.63) is 111 Å². The summed E-state index contributed by atoms with van der Waals surface area (Å²) in [5.74, 6) is -1.68. The van der Waals surface area contributed by atoms with Gasteiger partial charge in [0.25, 0.3) is 5.78 Å². The standard InChI is InChI=1S/C27H19ClFN3O3S2/c1-15-2-6-17(7-3-15)22-21(23(33)18-8-10-19(28)11-9-18)24(34)25(35)32(22)26-30-31-27(37-26)36-14-16-4-12-20(29)13-5-16/h2-13,22,33H,14H2,1H3/b23-21-. The second-order valence-corrected chi connectivity index (χ2v) is 11.0. The van der Waals surface area contributed by atoms with Crippen LogP contribution in [0.15, 0.2) is 82.7 Å². The van der Waals surface area contributed by atoms with Crippen LogP contribution in [0.25, 0.3) is 5.76 Å². The highest BCUT2D eigenvalue weighted by Crippen LogP contribution is 2.44. The average Bonchev–Trinajstić information content (AvgIpc) is 3.46. The first-order valence-corrected chi connectivity index (χ1v) is 13.3. The summed E-state index contributed by atoms with van der Waals surface area (Å²) in [6.07, 6.45) is 0. The number of carbonyl (C=O) groups is 2. The molecule has 1 unspecified atom stereocenters. The number of anilines is 1. The van der Waals surface area contributed by atoms with Gasteiger partial charge in [-0.15, -0.1) is 10.2 Å². The molecule has 6 nitrogen and oxygen atoms in total. The molecule has 5 rings (SSSR count). The minimum absolute atomic E-state index is 0.0353. The van der Waals surface area contributed by atoms with E-state index in [0.717, 1.165) is 11.1 Å². The lowest BCUT2D eigenvalue weighted by molar-refractivity contribution is -0.132. The van der Waals surface area contributed by atoms with Crippen LogP contribution in [-0.4, -0.2) is 27.0 Å². The number of halogens is 2. The van der Waals surface area contributed by atoms with E-state index in [9.17, 15) is 19.1 Å².